The first-order valence-electron chi connectivity index (χ1n) is 11.6. The summed E-state index contributed by atoms with van der Waals surface area (Å²) in [6, 6.07) is 12.3. The summed E-state index contributed by atoms with van der Waals surface area (Å²) in [7, 11) is 0. The molecule has 4 rings (SSSR count). The number of thiophene rings is 2. The molecule has 34 heavy (non-hydrogen) atoms. The van der Waals surface area contributed by atoms with Crippen LogP contribution < -0.4 is 5.32 Å². The van der Waals surface area contributed by atoms with Crippen molar-refractivity contribution in [2.75, 3.05) is 38.1 Å². The fourth-order valence-corrected chi connectivity index (χ4v) is 6.03. The van der Waals surface area contributed by atoms with Crippen LogP contribution in [0.5, 0.6) is 0 Å². The molecule has 0 bridgehead atoms. The number of aryl methyl sites for hydroxylation is 2. The van der Waals surface area contributed by atoms with Crippen LogP contribution in [0.4, 0.5) is 9.80 Å². The number of ether oxygens (including phenoxy) is 1. The van der Waals surface area contributed by atoms with Crippen LogP contribution in [0.1, 0.15) is 49.8 Å². The highest BCUT2D eigenvalue weighted by Gasteiger charge is 2.33. The normalized spacial score (nSPS) is 15.2. The molecule has 1 atom stereocenters. The number of piperazine rings is 1. The van der Waals surface area contributed by atoms with Gasteiger partial charge in [-0.25, -0.2) is 4.79 Å². The zero-order valence-corrected chi connectivity index (χ0v) is 21.7. The molecule has 1 fully saturated rings. The van der Waals surface area contributed by atoms with E-state index in [9.17, 15) is 9.59 Å². The predicted octanol–water partition coefficient (Wildman–Crippen LogP) is 5.85. The maximum atomic E-state index is 12.9. The van der Waals surface area contributed by atoms with E-state index < -0.39 is 0 Å². The van der Waals surface area contributed by atoms with Gasteiger partial charge in [-0.2, -0.15) is 0 Å². The zero-order chi connectivity index (χ0) is 24.2. The molecule has 1 N–H and O–H groups in total. The molecule has 180 valence electrons. The Morgan fingerprint density at radius 2 is 1.76 bits per heavy atom. The highest BCUT2D eigenvalue weighted by Crippen LogP contribution is 2.42. The Morgan fingerprint density at radius 3 is 2.38 bits per heavy atom. The minimum Gasteiger partial charge on any atom is -0.450 e. The first kappa shape index (κ1) is 24.4. The molecule has 0 spiro atoms. The van der Waals surface area contributed by atoms with E-state index in [1.54, 1.807) is 16.2 Å². The van der Waals surface area contributed by atoms with Crippen molar-refractivity contribution >= 4 is 39.7 Å². The van der Waals surface area contributed by atoms with E-state index in [0.717, 1.165) is 23.7 Å². The smallest absolute Gasteiger partial charge is 0.409 e. The van der Waals surface area contributed by atoms with Crippen LogP contribution in [0.3, 0.4) is 0 Å². The molecule has 8 heteroatoms. The van der Waals surface area contributed by atoms with Gasteiger partial charge in [-0.05, 0) is 50.3 Å². The van der Waals surface area contributed by atoms with E-state index in [2.05, 4.69) is 55.3 Å². The number of hydrogen-bond acceptors (Lipinski definition) is 6. The van der Waals surface area contributed by atoms with Crippen molar-refractivity contribution in [3.8, 4) is 0 Å². The molecule has 0 aliphatic carbocycles. The summed E-state index contributed by atoms with van der Waals surface area (Å²) in [5, 5.41) is 6.01. The lowest BCUT2D eigenvalue weighted by Crippen LogP contribution is -2.50. The monoisotopic (exact) mass is 497 g/mol. The van der Waals surface area contributed by atoms with Crippen molar-refractivity contribution in [2.24, 2.45) is 0 Å². The van der Waals surface area contributed by atoms with E-state index in [1.807, 2.05) is 24.4 Å². The number of amides is 2. The molecule has 6 nitrogen and oxygen atoms in total. The topological polar surface area (TPSA) is 61.9 Å². The minimum atomic E-state index is -0.250. The average Bonchev–Trinajstić information content (AvgIpc) is 3.46. The van der Waals surface area contributed by atoms with E-state index in [-0.39, 0.29) is 18.0 Å². The Labute approximate surface area is 209 Å². The van der Waals surface area contributed by atoms with Gasteiger partial charge in [0.1, 0.15) is 5.00 Å². The lowest BCUT2D eigenvalue weighted by molar-refractivity contribution is 0.0715. The first-order valence-corrected chi connectivity index (χ1v) is 13.3. The highest BCUT2D eigenvalue weighted by molar-refractivity contribution is 7.17. The number of rotatable bonds is 6. The Balaban J connectivity index is 1.68. The van der Waals surface area contributed by atoms with Crippen molar-refractivity contribution in [1.82, 2.24) is 9.80 Å². The van der Waals surface area contributed by atoms with E-state index in [4.69, 9.17) is 4.74 Å². The predicted molar refractivity (Wildman–Crippen MR) is 139 cm³/mol. The molecule has 0 saturated carbocycles. The molecule has 2 amide bonds. The number of nitrogens with zero attached hydrogens (tertiary/aromatic N) is 2. The van der Waals surface area contributed by atoms with Crippen LogP contribution in [-0.2, 0) is 4.74 Å². The van der Waals surface area contributed by atoms with Crippen LogP contribution >= 0.6 is 22.7 Å². The number of carbonyl (C=O) groups excluding carboxylic acids is 2. The van der Waals surface area contributed by atoms with Gasteiger partial charge in [-0.1, -0.05) is 35.9 Å². The van der Waals surface area contributed by atoms with Gasteiger partial charge in [-0.3, -0.25) is 9.69 Å². The first-order chi connectivity index (χ1) is 16.4. The van der Waals surface area contributed by atoms with Gasteiger partial charge in [0.25, 0.3) is 5.91 Å². The summed E-state index contributed by atoms with van der Waals surface area (Å²) in [4.78, 5) is 31.3. The molecule has 1 aliphatic heterocycles. The Hall–Kier alpha value is -2.68. The van der Waals surface area contributed by atoms with Crippen LogP contribution in [0.25, 0.3) is 0 Å². The summed E-state index contributed by atoms with van der Waals surface area (Å²) < 4.78 is 5.20. The largest absolute Gasteiger partial charge is 0.450 e. The van der Waals surface area contributed by atoms with Crippen molar-refractivity contribution in [1.29, 1.82) is 0 Å². The molecule has 1 aliphatic rings. The van der Waals surface area contributed by atoms with Crippen molar-refractivity contribution in [3.05, 3.63) is 73.8 Å². The minimum absolute atomic E-state index is 0.0199. The summed E-state index contributed by atoms with van der Waals surface area (Å²) in [5.41, 5.74) is 4.73. The summed E-state index contributed by atoms with van der Waals surface area (Å²) in [5.74, 6) is -0.0766. The van der Waals surface area contributed by atoms with Crippen LogP contribution in [0.15, 0.2) is 41.8 Å². The molecule has 0 unspecified atom stereocenters. The molecular weight excluding hydrogens is 466 g/mol. The number of anilines is 1. The third kappa shape index (κ3) is 5.19. The van der Waals surface area contributed by atoms with Gasteiger partial charge in [0, 0.05) is 36.6 Å². The second kappa shape index (κ2) is 10.7. The molecule has 1 saturated heterocycles. The third-order valence-electron chi connectivity index (χ3n) is 6.28. The molecule has 3 heterocycles. The quantitative estimate of drug-likeness (QED) is 0.464. The molecule has 1 aromatic carbocycles. The van der Waals surface area contributed by atoms with Crippen molar-refractivity contribution < 1.29 is 14.3 Å². The zero-order valence-electron chi connectivity index (χ0n) is 20.1. The van der Waals surface area contributed by atoms with E-state index in [1.165, 1.54) is 32.9 Å². The van der Waals surface area contributed by atoms with Crippen molar-refractivity contribution in [2.45, 2.75) is 33.7 Å². The molecular formula is C26H31N3O3S2. The van der Waals surface area contributed by atoms with Gasteiger partial charge in [0.05, 0.1) is 17.5 Å². The van der Waals surface area contributed by atoms with Gasteiger partial charge in [-0.15, -0.1) is 22.7 Å². The second-order valence-electron chi connectivity index (χ2n) is 8.49. The Bertz CT molecular complexity index is 1130. The van der Waals surface area contributed by atoms with Gasteiger partial charge in [0.2, 0.25) is 0 Å². The average molecular weight is 498 g/mol. The summed E-state index contributed by atoms with van der Waals surface area (Å²) in [6.45, 7) is 11.2. The highest BCUT2D eigenvalue weighted by atomic mass is 32.1. The number of carbonyl (C=O) groups is 2. The SMILES string of the molecule is CCOC(=O)N1CCN([C@@H](c2ccc(C)cc2)c2c(NC(=O)c3cccs3)sc(C)c2C)CC1. The fourth-order valence-electron chi connectivity index (χ4n) is 4.33. The van der Waals surface area contributed by atoms with Gasteiger partial charge < -0.3 is 15.0 Å². The van der Waals surface area contributed by atoms with Crippen LogP contribution in [-0.4, -0.2) is 54.6 Å². The Kier molecular flexibility index (Phi) is 7.70. The summed E-state index contributed by atoms with van der Waals surface area (Å²) >= 11 is 3.07. The number of nitrogens with one attached hydrogen (secondary N) is 1. The summed E-state index contributed by atoms with van der Waals surface area (Å²) in [6.07, 6.45) is -0.250. The van der Waals surface area contributed by atoms with E-state index >= 15 is 0 Å². The third-order valence-corrected chi connectivity index (χ3v) is 8.28. The van der Waals surface area contributed by atoms with Gasteiger partial charge in [0.15, 0.2) is 0 Å². The molecule has 3 aromatic rings. The lowest BCUT2D eigenvalue weighted by Gasteiger charge is -2.39. The fraction of sp³-hybridized carbons (Fsp3) is 0.385. The second-order valence-corrected chi connectivity index (χ2v) is 10.7. The molecule has 0 radical (unpaired) electrons. The number of benzene rings is 1. The maximum absolute atomic E-state index is 12.9. The van der Waals surface area contributed by atoms with Crippen LogP contribution in [0.2, 0.25) is 0 Å². The lowest BCUT2D eigenvalue weighted by atomic mass is 9.93. The number of hydrogen-bond donors (Lipinski definition) is 1. The van der Waals surface area contributed by atoms with Crippen molar-refractivity contribution in [3.63, 3.8) is 0 Å². The van der Waals surface area contributed by atoms with E-state index in [0.29, 0.717) is 24.6 Å². The standard InChI is InChI=1S/C26H31N3O3S2/c1-5-32-26(31)29-14-12-28(13-15-29)23(20-10-8-17(2)9-11-20)22-18(3)19(4)34-25(22)27-24(30)21-7-6-16-33-21/h6-11,16,23H,5,12-15H2,1-4H3,(H,27,30)/t23-/m0/s1. The molecule has 2 aromatic heterocycles. The van der Waals surface area contributed by atoms with Gasteiger partial charge >= 0.3 is 6.09 Å². The van der Waals surface area contributed by atoms with Crippen LogP contribution in [0, 0.1) is 20.8 Å². The Morgan fingerprint density at radius 1 is 1.06 bits per heavy atom. The maximum Gasteiger partial charge on any atom is 0.409 e.